The van der Waals surface area contributed by atoms with Crippen LogP contribution in [0.4, 0.5) is 0 Å². The molecule has 2 aromatic carbocycles. The second-order valence-electron chi connectivity index (χ2n) is 6.85. The molecule has 0 aromatic heterocycles. The lowest BCUT2D eigenvalue weighted by atomic mass is 9.96. The number of carbonyl (C=O) groups is 1. The summed E-state index contributed by atoms with van der Waals surface area (Å²) in [6.45, 7) is 0.559. The first-order valence-corrected chi connectivity index (χ1v) is 11.8. The Kier molecular flexibility index (Phi) is 6.52. The van der Waals surface area contributed by atoms with Crippen molar-refractivity contribution < 1.29 is 17.4 Å². The predicted octanol–water partition coefficient (Wildman–Crippen LogP) is 1.78. The number of sulfone groups is 1. The van der Waals surface area contributed by atoms with Crippen molar-refractivity contribution in [1.82, 2.24) is 4.90 Å². The van der Waals surface area contributed by atoms with Gasteiger partial charge in [0.15, 0.2) is 9.84 Å². The van der Waals surface area contributed by atoms with Crippen LogP contribution in [0.25, 0.3) is 0 Å². The Morgan fingerprint density at radius 3 is 2.34 bits per heavy atom. The normalized spacial score (nSPS) is 21.2. The zero-order chi connectivity index (χ0) is 21.0. The molecule has 8 heteroatoms. The van der Waals surface area contributed by atoms with Crippen molar-refractivity contribution in [3.05, 3.63) is 54.6 Å². The Bertz CT molecular complexity index is 1040. The molecule has 3 atom stereocenters. The van der Waals surface area contributed by atoms with Gasteiger partial charge in [0.2, 0.25) is 5.91 Å². The molecule has 1 amide bonds. The zero-order valence-electron chi connectivity index (χ0n) is 15.7. The molecule has 1 aliphatic heterocycles. The van der Waals surface area contributed by atoms with E-state index in [4.69, 9.17) is 12.2 Å². The molecule has 3 unspecified atom stereocenters. The van der Waals surface area contributed by atoms with Gasteiger partial charge >= 0.3 is 0 Å². The number of hydrogen-bond acceptors (Lipinski definition) is 5. The van der Waals surface area contributed by atoms with E-state index in [1.807, 2.05) is 6.07 Å². The van der Waals surface area contributed by atoms with Crippen molar-refractivity contribution in [3.8, 4) is 12.3 Å². The highest BCUT2D eigenvalue weighted by molar-refractivity contribution is 7.92. The number of carbonyl (C=O) groups excluding carboxylic acids is 1. The molecule has 152 valence electrons. The summed E-state index contributed by atoms with van der Waals surface area (Å²) in [5, 5.41) is -0.921. The summed E-state index contributed by atoms with van der Waals surface area (Å²) in [6, 6.07) is 14.9. The minimum absolute atomic E-state index is 0.100. The van der Waals surface area contributed by atoms with Gasteiger partial charge in [-0.1, -0.05) is 24.1 Å². The second-order valence-corrected chi connectivity index (χ2v) is 10.4. The summed E-state index contributed by atoms with van der Waals surface area (Å²) in [5.41, 5.74) is 5.41. The Morgan fingerprint density at radius 1 is 1.14 bits per heavy atom. The van der Waals surface area contributed by atoms with Gasteiger partial charge in [0, 0.05) is 22.3 Å². The van der Waals surface area contributed by atoms with Crippen LogP contribution in [0, 0.1) is 18.3 Å². The van der Waals surface area contributed by atoms with E-state index in [2.05, 4.69) is 5.92 Å². The topological polar surface area (TPSA) is 97.5 Å². The van der Waals surface area contributed by atoms with Crippen molar-refractivity contribution in [3.63, 3.8) is 0 Å². The fraction of sp³-hybridized carbons (Fsp3) is 0.286. The van der Waals surface area contributed by atoms with E-state index >= 15 is 0 Å². The molecule has 0 bridgehead atoms. The van der Waals surface area contributed by atoms with E-state index in [1.54, 1.807) is 41.3 Å². The van der Waals surface area contributed by atoms with Crippen LogP contribution in [0.3, 0.4) is 0 Å². The van der Waals surface area contributed by atoms with Crippen molar-refractivity contribution in [2.75, 3.05) is 13.1 Å². The number of nitrogens with two attached hydrogens (primary N) is 1. The lowest BCUT2D eigenvalue weighted by Gasteiger charge is -2.36. The minimum Gasteiger partial charge on any atom is -0.369 e. The first-order valence-electron chi connectivity index (χ1n) is 9.12. The molecule has 0 radical (unpaired) electrons. The van der Waals surface area contributed by atoms with E-state index in [1.165, 1.54) is 12.1 Å². The van der Waals surface area contributed by atoms with Crippen LogP contribution in [0.15, 0.2) is 69.3 Å². The number of amides is 1. The molecule has 2 aromatic rings. The van der Waals surface area contributed by atoms with E-state index < -0.39 is 37.8 Å². The van der Waals surface area contributed by atoms with Crippen LogP contribution in [-0.2, 0) is 25.4 Å². The summed E-state index contributed by atoms with van der Waals surface area (Å²) < 4.78 is 39.2. The van der Waals surface area contributed by atoms with Crippen LogP contribution in [0.1, 0.15) is 12.8 Å². The van der Waals surface area contributed by atoms with Crippen LogP contribution >= 0.6 is 0 Å². The maximum absolute atomic E-state index is 13.3. The largest absolute Gasteiger partial charge is 0.369 e. The van der Waals surface area contributed by atoms with Gasteiger partial charge in [-0.3, -0.25) is 9.69 Å². The lowest BCUT2D eigenvalue weighted by molar-refractivity contribution is -0.123. The molecule has 2 N–H and O–H groups in total. The third-order valence-electron chi connectivity index (χ3n) is 5.04. The number of rotatable bonds is 6. The lowest BCUT2D eigenvalue weighted by Crippen LogP contribution is -2.49. The van der Waals surface area contributed by atoms with Gasteiger partial charge in [0.25, 0.3) is 0 Å². The second kappa shape index (κ2) is 8.91. The third kappa shape index (κ3) is 4.58. The molecule has 0 saturated carbocycles. The van der Waals surface area contributed by atoms with Gasteiger partial charge in [-0.2, -0.15) is 0 Å². The summed E-state index contributed by atoms with van der Waals surface area (Å²) in [4.78, 5) is 14.6. The zero-order valence-corrected chi connectivity index (χ0v) is 17.4. The van der Waals surface area contributed by atoms with E-state index in [0.717, 1.165) is 0 Å². The Labute approximate surface area is 173 Å². The minimum atomic E-state index is -3.78. The highest BCUT2D eigenvalue weighted by Crippen LogP contribution is 2.30. The van der Waals surface area contributed by atoms with Gasteiger partial charge in [-0.15, -0.1) is 6.42 Å². The molecule has 1 saturated heterocycles. The monoisotopic (exact) mass is 430 g/mol. The van der Waals surface area contributed by atoms with E-state index in [0.29, 0.717) is 22.8 Å². The van der Waals surface area contributed by atoms with Crippen LogP contribution < -0.4 is 5.73 Å². The molecule has 0 aliphatic carbocycles. The van der Waals surface area contributed by atoms with Crippen molar-refractivity contribution in [2.24, 2.45) is 11.7 Å². The quantitative estimate of drug-likeness (QED) is 0.705. The van der Waals surface area contributed by atoms with Crippen molar-refractivity contribution in [1.29, 1.82) is 0 Å². The van der Waals surface area contributed by atoms with E-state index in [9.17, 15) is 17.4 Å². The maximum atomic E-state index is 13.3. The fourth-order valence-corrected chi connectivity index (χ4v) is 6.39. The average molecular weight is 431 g/mol. The standard InChI is InChI=1S/C21H22N2O4S2/c1-2-13-23-14-12-16(21(22)24)15-20(23)29(26,27)19-10-8-18(9-11-19)28(25)17-6-4-3-5-7-17/h1,3-11,16,20H,12-15H2,(H2,22,24). The average Bonchev–Trinajstić information content (AvgIpc) is 2.74. The number of hydrogen-bond donors (Lipinski definition) is 1. The molecule has 0 spiro atoms. The third-order valence-corrected chi connectivity index (χ3v) is 8.57. The Balaban J connectivity index is 1.88. The first-order chi connectivity index (χ1) is 13.8. The fourth-order valence-electron chi connectivity index (χ4n) is 3.45. The van der Waals surface area contributed by atoms with Crippen molar-refractivity contribution in [2.45, 2.75) is 32.9 Å². The number of nitrogens with zero attached hydrogens (tertiary/aromatic N) is 1. The Hall–Kier alpha value is -2.47. The molecule has 29 heavy (non-hydrogen) atoms. The molecule has 6 nitrogen and oxygen atoms in total. The van der Waals surface area contributed by atoms with Gasteiger partial charge < -0.3 is 5.73 Å². The SMILES string of the molecule is C#CCN1CCC(C(N)=O)CC1S(=O)(=O)c1ccc(S(=O)c2ccccc2)cc1. The number of terminal acetylenes is 1. The molecular weight excluding hydrogens is 408 g/mol. The molecule has 1 fully saturated rings. The van der Waals surface area contributed by atoms with E-state index in [-0.39, 0.29) is 17.9 Å². The van der Waals surface area contributed by atoms with Crippen molar-refractivity contribution >= 4 is 26.5 Å². The van der Waals surface area contributed by atoms with Crippen LogP contribution in [-0.4, -0.2) is 41.9 Å². The molecule has 1 heterocycles. The number of piperidine rings is 1. The van der Waals surface area contributed by atoms with Gasteiger partial charge in [0.1, 0.15) is 5.37 Å². The predicted molar refractivity (Wildman–Crippen MR) is 111 cm³/mol. The van der Waals surface area contributed by atoms with Gasteiger partial charge in [0.05, 0.1) is 22.2 Å². The van der Waals surface area contributed by atoms with Crippen LogP contribution in [0.5, 0.6) is 0 Å². The molecule has 1 aliphatic rings. The van der Waals surface area contributed by atoms with Gasteiger partial charge in [-0.05, 0) is 49.2 Å². The summed E-state index contributed by atoms with van der Waals surface area (Å²) >= 11 is 0. The Morgan fingerprint density at radius 2 is 1.76 bits per heavy atom. The molecule has 3 rings (SSSR count). The first kappa shape index (κ1) is 21.2. The highest BCUT2D eigenvalue weighted by atomic mass is 32.2. The molecular formula is C21H22N2O4S2. The summed E-state index contributed by atoms with van der Waals surface area (Å²) in [7, 11) is -5.18. The smallest absolute Gasteiger partial charge is 0.220 e. The highest BCUT2D eigenvalue weighted by Gasteiger charge is 2.39. The summed E-state index contributed by atoms with van der Waals surface area (Å²) in [6.07, 6.45) is 5.99. The van der Waals surface area contributed by atoms with Crippen LogP contribution in [0.2, 0.25) is 0 Å². The summed E-state index contributed by atoms with van der Waals surface area (Å²) in [5.74, 6) is 1.48. The number of benzene rings is 2. The van der Waals surface area contributed by atoms with Gasteiger partial charge in [-0.25, -0.2) is 12.6 Å². The maximum Gasteiger partial charge on any atom is 0.220 e. The number of primary amides is 1. The number of likely N-dealkylation sites (tertiary alicyclic amines) is 1.